The largest absolute Gasteiger partial charge is 0.375 e. The van der Waals surface area contributed by atoms with Gasteiger partial charge in [0.1, 0.15) is 5.69 Å². The molecule has 4 aliphatic carbocycles. The first kappa shape index (κ1) is 24.5. The monoisotopic (exact) mass is 510 g/mol. The van der Waals surface area contributed by atoms with Gasteiger partial charge in [0.2, 0.25) is 0 Å². The van der Waals surface area contributed by atoms with Gasteiger partial charge in [-0.3, -0.25) is 9.59 Å². The topological polar surface area (TPSA) is 49.4 Å². The molecule has 2 aromatic carbocycles. The van der Waals surface area contributed by atoms with E-state index in [9.17, 15) is 9.59 Å². The summed E-state index contributed by atoms with van der Waals surface area (Å²) in [6.07, 6.45) is 5.78. The fourth-order valence-electron chi connectivity index (χ4n) is 7.99. The van der Waals surface area contributed by atoms with Crippen LogP contribution in [0.4, 0.5) is 24.5 Å². The first-order valence-corrected chi connectivity index (χ1v) is 13.5. The number of carbonyl (C=O) groups is 2. The van der Waals surface area contributed by atoms with E-state index in [0.29, 0.717) is 34.6 Å². The van der Waals surface area contributed by atoms with Crippen LogP contribution in [0, 0.1) is 35.2 Å². The minimum absolute atomic E-state index is 0.0576. The van der Waals surface area contributed by atoms with Gasteiger partial charge < -0.3 is 5.32 Å². The van der Waals surface area contributed by atoms with Gasteiger partial charge in [-0.15, -0.1) is 0 Å². The Morgan fingerprint density at radius 2 is 1.24 bits per heavy atom. The predicted octanol–water partition coefficient (Wildman–Crippen LogP) is 7.53. The molecular weight excluding hydrogens is 477 g/mol. The summed E-state index contributed by atoms with van der Waals surface area (Å²) in [4.78, 5) is 28.1. The van der Waals surface area contributed by atoms with Gasteiger partial charge in [0, 0.05) is 5.54 Å². The molecule has 0 atom stereocenters. The zero-order valence-corrected chi connectivity index (χ0v) is 21.8. The highest BCUT2D eigenvalue weighted by Crippen LogP contribution is 2.57. The van der Waals surface area contributed by atoms with Crippen molar-refractivity contribution in [2.24, 2.45) is 17.8 Å². The number of amides is 2. The lowest BCUT2D eigenvalue weighted by Crippen LogP contribution is -2.55. The average molecular weight is 511 g/mol. The van der Waals surface area contributed by atoms with Crippen LogP contribution in [0.1, 0.15) is 110 Å². The lowest BCUT2D eigenvalue weighted by atomic mass is 9.53. The molecule has 0 unspecified atom stereocenters. The number of nitrogens with one attached hydrogen (secondary N) is 1. The highest BCUT2D eigenvalue weighted by molar-refractivity contribution is 6.35. The Bertz CT molecular complexity index is 1270. The number of halogens is 3. The standard InChI is InChI=1S/C30H33F3N2O2/c1-14(2)19-6-5-7-20(15(3)4)27(19)35-28(36)21-22(29(35)37)24(32)26(25(33)23(21)31)34-30-11-16-8-17(12-30)10-18(9-16)13-30/h5-7,14-18,34H,8-13H2,1-4H3. The van der Waals surface area contributed by atoms with Crippen LogP contribution in [0.2, 0.25) is 0 Å². The molecule has 7 heteroatoms. The van der Waals surface area contributed by atoms with E-state index in [4.69, 9.17) is 0 Å². The highest BCUT2D eigenvalue weighted by Gasteiger charge is 2.52. The summed E-state index contributed by atoms with van der Waals surface area (Å²) in [7, 11) is 0. The molecule has 4 nitrogen and oxygen atoms in total. The minimum atomic E-state index is -1.46. The van der Waals surface area contributed by atoms with Crippen LogP contribution in [0.5, 0.6) is 0 Å². The number of hydrogen-bond donors (Lipinski definition) is 1. The number of hydrogen-bond acceptors (Lipinski definition) is 3. The van der Waals surface area contributed by atoms with Gasteiger partial charge in [0.05, 0.1) is 16.8 Å². The molecule has 4 bridgehead atoms. The molecule has 0 aromatic heterocycles. The van der Waals surface area contributed by atoms with Crippen molar-refractivity contribution >= 4 is 23.2 Å². The van der Waals surface area contributed by atoms with Gasteiger partial charge in [-0.2, -0.15) is 0 Å². The van der Waals surface area contributed by atoms with Gasteiger partial charge >= 0.3 is 0 Å². The van der Waals surface area contributed by atoms with Gasteiger partial charge in [-0.1, -0.05) is 45.9 Å². The van der Waals surface area contributed by atoms with Crippen LogP contribution >= 0.6 is 0 Å². The van der Waals surface area contributed by atoms with Crippen molar-refractivity contribution in [1.29, 1.82) is 0 Å². The molecule has 0 spiro atoms. The fraction of sp³-hybridized carbons (Fsp3) is 0.533. The molecule has 1 aliphatic heterocycles. The van der Waals surface area contributed by atoms with Gasteiger partial charge in [-0.25, -0.2) is 18.1 Å². The van der Waals surface area contributed by atoms with Gasteiger partial charge in [-0.05, 0) is 79.2 Å². The fourth-order valence-corrected chi connectivity index (χ4v) is 7.99. The summed E-state index contributed by atoms with van der Waals surface area (Å²) >= 11 is 0. The summed E-state index contributed by atoms with van der Waals surface area (Å²) in [5, 5.41) is 3.07. The van der Waals surface area contributed by atoms with Crippen molar-refractivity contribution < 1.29 is 22.8 Å². The quantitative estimate of drug-likeness (QED) is 0.334. The molecule has 1 heterocycles. The zero-order valence-electron chi connectivity index (χ0n) is 21.8. The number of anilines is 2. The molecule has 4 saturated carbocycles. The first-order chi connectivity index (χ1) is 17.5. The lowest BCUT2D eigenvalue weighted by Gasteiger charge is -2.57. The number of para-hydroxylation sites is 1. The Kier molecular flexibility index (Phi) is 5.52. The third kappa shape index (κ3) is 3.56. The molecular formula is C30H33F3N2O2. The molecule has 7 rings (SSSR count). The van der Waals surface area contributed by atoms with E-state index in [1.165, 1.54) is 0 Å². The number of rotatable bonds is 5. The van der Waals surface area contributed by atoms with Crippen LogP contribution < -0.4 is 10.2 Å². The van der Waals surface area contributed by atoms with Crippen molar-refractivity contribution in [3.63, 3.8) is 0 Å². The highest BCUT2D eigenvalue weighted by atomic mass is 19.2. The normalized spacial score (nSPS) is 28.1. The van der Waals surface area contributed by atoms with E-state index in [1.54, 1.807) is 0 Å². The second-order valence-electron chi connectivity index (χ2n) is 12.4. The molecule has 196 valence electrons. The molecule has 2 aromatic rings. The Morgan fingerprint density at radius 3 is 1.70 bits per heavy atom. The molecule has 0 saturated heterocycles. The molecule has 37 heavy (non-hydrogen) atoms. The van der Waals surface area contributed by atoms with Gasteiger partial charge in [0.15, 0.2) is 17.5 Å². The number of benzene rings is 2. The van der Waals surface area contributed by atoms with Crippen LogP contribution in [0.15, 0.2) is 18.2 Å². The molecule has 5 aliphatic rings. The Hall–Kier alpha value is -2.83. The van der Waals surface area contributed by atoms with Crippen LogP contribution in [0.25, 0.3) is 0 Å². The summed E-state index contributed by atoms with van der Waals surface area (Å²) in [5.41, 5.74) is -0.829. The van der Waals surface area contributed by atoms with E-state index in [-0.39, 0.29) is 11.8 Å². The van der Waals surface area contributed by atoms with Crippen LogP contribution in [-0.2, 0) is 0 Å². The summed E-state index contributed by atoms with van der Waals surface area (Å²) in [6, 6.07) is 5.46. The third-order valence-electron chi connectivity index (χ3n) is 9.15. The Morgan fingerprint density at radius 1 is 0.784 bits per heavy atom. The maximum absolute atomic E-state index is 16.1. The molecule has 1 N–H and O–H groups in total. The Labute approximate surface area is 215 Å². The molecule has 4 fully saturated rings. The summed E-state index contributed by atoms with van der Waals surface area (Å²) in [5.74, 6) is -4.62. The van der Waals surface area contributed by atoms with Gasteiger partial charge in [0.25, 0.3) is 11.8 Å². The maximum atomic E-state index is 16.1. The number of carbonyl (C=O) groups excluding carboxylic acids is 2. The summed E-state index contributed by atoms with van der Waals surface area (Å²) in [6.45, 7) is 7.70. The number of imide groups is 1. The van der Waals surface area contributed by atoms with Crippen molar-refractivity contribution in [3.8, 4) is 0 Å². The van der Waals surface area contributed by atoms with E-state index in [0.717, 1.165) is 43.4 Å². The SMILES string of the molecule is CC(C)c1cccc(C(C)C)c1N1C(=O)c2c(F)c(F)c(NC34CC5CC(CC(C5)C3)C4)c(F)c2C1=O. The lowest BCUT2D eigenvalue weighted by molar-refractivity contribution is 0.0104. The van der Waals surface area contributed by atoms with Crippen LogP contribution in [-0.4, -0.2) is 17.4 Å². The average Bonchev–Trinajstić information content (AvgIpc) is 3.08. The van der Waals surface area contributed by atoms with Crippen molar-refractivity contribution in [2.75, 3.05) is 10.2 Å². The first-order valence-electron chi connectivity index (χ1n) is 13.5. The molecule has 0 radical (unpaired) electrons. The van der Waals surface area contributed by atoms with Crippen LogP contribution in [0.3, 0.4) is 0 Å². The molecule has 2 amide bonds. The minimum Gasteiger partial charge on any atom is -0.375 e. The third-order valence-corrected chi connectivity index (χ3v) is 9.15. The van der Waals surface area contributed by atoms with E-state index < -0.39 is 51.6 Å². The van der Waals surface area contributed by atoms with Crippen molar-refractivity contribution in [1.82, 2.24) is 0 Å². The van der Waals surface area contributed by atoms with E-state index >= 15 is 13.2 Å². The second kappa shape index (κ2) is 8.34. The van der Waals surface area contributed by atoms with E-state index in [1.807, 2.05) is 45.9 Å². The zero-order chi connectivity index (χ0) is 26.4. The predicted molar refractivity (Wildman–Crippen MR) is 137 cm³/mol. The van der Waals surface area contributed by atoms with Crippen molar-refractivity contribution in [2.45, 2.75) is 83.6 Å². The van der Waals surface area contributed by atoms with Crippen molar-refractivity contribution in [3.05, 3.63) is 57.9 Å². The smallest absolute Gasteiger partial charge is 0.269 e. The summed E-state index contributed by atoms with van der Waals surface area (Å²) < 4.78 is 47.1. The maximum Gasteiger partial charge on any atom is 0.269 e. The number of nitrogens with zero attached hydrogens (tertiary/aromatic N) is 1. The Balaban J connectivity index is 1.46. The van der Waals surface area contributed by atoms with E-state index in [2.05, 4.69) is 5.32 Å². The number of fused-ring (bicyclic) bond motifs is 1. The second-order valence-corrected chi connectivity index (χ2v) is 12.4.